The summed E-state index contributed by atoms with van der Waals surface area (Å²) in [6, 6.07) is 16.9. The standard InChI is InChI=1S/C22H17ClFN3O4S/c1-14-2-9-18(10-3-14)32(28,29)27-17-8-11-20(19(24)12-17)30-13-21-25-26-22(31-21)15-4-6-16(23)7-5-15/h2-12,27H,13H2,1H3. The number of anilines is 1. The molecule has 1 heterocycles. The number of halogens is 2. The zero-order valence-electron chi connectivity index (χ0n) is 16.7. The highest BCUT2D eigenvalue weighted by atomic mass is 35.5. The third-order valence-electron chi connectivity index (χ3n) is 4.42. The van der Waals surface area contributed by atoms with Crippen molar-refractivity contribution in [3.05, 3.63) is 89.0 Å². The first-order chi connectivity index (χ1) is 15.3. The number of nitrogens with zero attached hydrogens (tertiary/aromatic N) is 2. The Hall–Kier alpha value is -3.43. The molecule has 0 aliphatic carbocycles. The fourth-order valence-electron chi connectivity index (χ4n) is 2.77. The molecule has 0 radical (unpaired) electrons. The van der Waals surface area contributed by atoms with Crippen molar-refractivity contribution in [1.82, 2.24) is 10.2 Å². The van der Waals surface area contributed by atoms with Gasteiger partial charge in [-0.1, -0.05) is 29.3 Å². The van der Waals surface area contributed by atoms with E-state index in [1.807, 2.05) is 6.92 Å². The molecule has 1 N–H and O–H groups in total. The van der Waals surface area contributed by atoms with E-state index in [2.05, 4.69) is 14.9 Å². The van der Waals surface area contributed by atoms with Crippen LogP contribution < -0.4 is 9.46 Å². The Labute approximate surface area is 188 Å². The Kier molecular flexibility index (Phi) is 6.11. The highest BCUT2D eigenvalue weighted by molar-refractivity contribution is 7.92. The van der Waals surface area contributed by atoms with Crippen LogP contribution in [0.4, 0.5) is 10.1 Å². The number of hydrogen-bond donors (Lipinski definition) is 1. The van der Waals surface area contributed by atoms with E-state index in [0.717, 1.165) is 11.6 Å². The molecule has 164 valence electrons. The summed E-state index contributed by atoms with van der Waals surface area (Å²) in [5.41, 5.74) is 1.68. The second kappa shape index (κ2) is 8.97. The number of hydrogen-bond acceptors (Lipinski definition) is 6. The lowest BCUT2D eigenvalue weighted by Gasteiger charge is -2.10. The smallest absolute Gasteiger partial charge is 0.261 e. The molecule has 0 fully saturated rings. The van der Waals surface area contributed by atoms with Crippen molar-refractivity contribution >= 4 is 27.3 Å². The van der Waals surface area contributed by atoms with E-state index in [0.29, 0.717) is 10.6 Å². The van der Waals surface area contributed by atoms with Crippen LogP contribution >= 0.6 is 11.6 Å². The van der Waals surface area contributed by atoms with Crippen molar-refractivity contribution in [1.29, 1.82) is 0 Å². The van der Waals surface area contributed by atoms with Gasteiger partial charge in [0, 0.05) is 16.7 Å². The van der Waals surface area contributed by atoms with Gasteiger partial charge in [-0.3, -0.25) is 4.72 Å². The minimum absolute atomic E-state index is 0.0678. The highest BCUT2D eigenvalue weighted by Crippen LogP contribution is 2.25. The van der Waals surface area contributed by atoms with Gasteiger partial charge in [0.2, 0.25) is 5.89 Å². The number of nitrogens with one attached hydrogen (secondary N) is 1. The van der Waals surface area contributed by atoms with Gasteiger partial charge in [-0.05, 0) is 55.5 Å². The zero-order chi connectivity index (χ0) is 22.7. The van der Waals surface area contributed by atoms with Gasteiger partial charge in [0.05, 0.1) is 10.6 Å². The zero-order valence-corrected chi connectivity index (χ0v) is 18.3. The van der Waals surface area contributed by atoms with E-state index in [9.17, 15) is 12.8 Å². The van der Waals surface area contributed by atoms with Crippen LogP contribution in [0.15, 0.2) is 76.0 Å². The molecule has 7 nitrogen and oxygen atoms in total. The summed E-state index contributed by atoms with van der Waals surface area (Å²) in [6.45, 7) is 1.69. The third kappa shape index (κ3) is 5.06. The normalized spacial score (nSPS) is 11.3. The fraction of sp³-hybridized carbons (Fsp3) is 0.0909. The molecule has 3 aromatic carbocycles. The van der Waals surface area contributed by atoms with Gasteiger partial charge in [0.15, 0.2) is 18.2 Å². The molecule has 1 aromatic heterocycles. The maximum Gasteiger partial charge on any atom is 0.261 e. The molecule has 0 amide bonds. The third-order valence-corrected chi connectivity index (χ3v) is 6.07. The van der Waals surface area contributed by atoms with Gasteiger partial charge in [-0.25, -0.2) is 12.8 Å². The molecule has 4 rings (SSSR count). The Morgan fingerprint density at radius 3 is 2.44 bits per heavy atom. The van der Waals surface area contributed by atoms with Crippen LogP contribution in [-0.4, -0.2) is 18.6 Å². The average Bonchev–Trinajstić information content (AvgIpc) is 3.23. The predicted molar refractivity (Wildman–Crippen MR) is 117 cm³/mol. The minimum atomic E-state index is -3.84. The average molecular weight is 474 g/mol. The first kappa shape index (κ1) is 21.8. The monoisotopic (exact) mass is 473 g/mol. The summed E-state index contributed by atoms with van der Waals surface area (Å²) in [6.07, 6.45) is 0. The van der Waals surface area contributed by atoms with Crippen LogP contribution in [0, 0.1) is 12.7 Å². The summed E-state index contributed by atoms with van der Waals surface area (Å²) in [4.78, 5) is 0.0803. The van der Waals surface area contributed by atoms with Gasteiger partial charge in [-0.2, -0.15) is 0 Å². The van der Waals surface area contributed by atoms with Gasteiger partial charge >= 0.3 is 0 Å². The quantitative estimate of drug-likeness (QED) is 0.395. The molecule has 0 saturated carbocycles. The largest absolute Gasteiger partial charge is 0.481 e. The van der Waals surface area contributed by atoms with E-state index in [1.54, 1.807) is 36.4 Å². The summed E-state index contributed by atoms with van der Waals surface area (Å²) in [5.74, 6) is -0.402. The highest BCUT2D eigenvalue weighted by Gasteiger charge is 2.16. The molecule has 0 unspecified atom stereocenters. The lowest BCUT2D eigenvalue weighted by atomic mass is 10.2. The fourth-order valence-corrected chi connectivity index (χ4v) is 3.95. The van der Waals surface area contributed by atoms with Crippen molar-refractivity contribution in [3.8, 4) is 17.2 Å². The van der Waals surface area contributed by atoms with Crippen molar-refractivity contribution in [2.24, 2.45) is 0 Å². The molecule has 0 aliphatic heterocycles. The van der Waals surface area contributed by atoms with Crippen molar-refractivity contribution < 1.29 is 22.0 Å². The van der Waals surface area contributed by atoms with Crippen LogP contribution in [0.1, 0.15) is 11.5 Å². The van der Waals surface area contributed by atoms with Crippen molar-refractivity contribution in [2.75, 3.05) is 4.72 Å². The van der Waals surface area contributed by atoms with Crippen LogP contribution in [0.2, 0.25) is 5.02 Å². The topological polar surface area (TPSA) is 94.3 Å². The number of aromatic nitrogens is 2. The minimum Gasteiger partial charge on any atom is -0.481 e. The number of sulfonamides is 1. The lowest BCUT2D eigenvalue weighted by molar-refractivity contribution is 0.253. The SMILES string of the molecule is Cc1ccc(S(=O)(=O)Nc2ccc(OCc3nnc(-c4ccc(Cl)cc4)o3)c(F)c2)cc1. The van der Waals surface area contributed by atoms with Crippen LogP contribution in [-0.2, 0) is 16.6 Å². The maximum atomic E-state index is 14.5. The molecule has 32 heavy (non-hydrogen) atoms. The van der Waals surface area contributed by atoms with E-state index in [1.165, 1.54) is 24.3 Å². The second-order valence-electron chi connectivity index (χ2n) is 6.86. The first-order valence-corrected chi connectivity index (χ1v) is 11.3. The molecular formula is C22H17ClFN3O4S. The maximum absolute atomic E-state index is 14.5. The number of aryl methyl sites for hydroxylation is 1. The summed E-state index contributed by atoms with van der Waals surface area (Å²) in [7, 11) is -3.84. The van der Waals surface area contributed by atoms with Gasteiger partial charge in [0.1, 0.15) is 0 Å². The molecule has 0 spiro atoms. The molecule has 0 bridgehead atoms. The molecule has 4 aromatic rings. The molecule has 0 atom stereocenters. The number of benzene rings is 3. The van der Waals surface area contributed by atoms with Crippen molar-refractivity contribution in [2.45, 2.75) is 18.4 Å². The van der Waals surface area contributed by atoms with Gasteiger partial charge < -0.3 is 9.15 Å². The summed E-state index contributed by atoms with van der Waals surface area (Å²) in [5, 5.41) is 8.39. The molecule has 0 aliphatic rings. The Balaban J connectivity index is 1.42. The van der Waals surface area contributed by atoms with E-state index in [-0.39, 0.29) is 34.7 Å². The molecular weight excluding hydrogens is 457 g/mol. The summed E-state index contributed by atoms with van der Waals surface area (Å²) < 4.78 is 52.6. The molecule has 0 saturated heterocycles. The Bertz CT molecular complexity index is 1340. The van der Waals surface area contributed by atoms with Crippen LogP contribution in [0.5, 0.6) is 5.75 Å². The Morgan fingerprint density at radius 1 is 1.03 bits per heavy atom. The first-order valence-electron chi connectivity index (χ1n) is 9.40. The van der Waals surface area contributed by atoms with Crippen LogP contribution in [0.25, 0.3) is 11.5 Å². The predicted octanol–water partition coefficient (Wildman–Crippen LogP) is 5.22. The summed E-state index contributed by atoms with van der Waals surface area (Å²) >= 11 is 5.86. The Morgan fingerprint density at radius 2 is 1.75 bits per heavy atom. The molecule has 10 heteroatoms. The lowest BCUT2D eigenvalue weighted by Crippen LogP contribution is -2.13. The number of ether oxygens (including phenoxy) is 1. The van der Waals surface area contributed by atoms with E-state index in [4.69, 9.17) is 20.8 Å². The van der Waals surface area contributed by atoms with E-state index >= 15 is 0 Å². The second-order valence-corrected chi connectivity index (χ2v) is 8.98. The van der Waals surface area contributed by atoms with Gasteiger partial charge in [0.25, 0.3) is 15.9 Å². The number of rotatable bonds is 7. The van der Waals surface area contributed by atoms with E-state index < -0.39 is 15.8 Å². The van der Waals surface area contributed by atoms with Gasteiger partial charge in [-0.15, -0.1) is 10.2 Å². The van der Waals surface area contributed by atoms with Crippen molar-refractivity contribution in [3.63, 3.8) is 0 Å². The van der Waals surface area contributed by atoms with Crippen LogP contribution in [0.3, 0.4) is 0 Å².